The average molecular weight is 277 g/mol. The van der Waals surface area contributed by atoms with E-state index in [1.54, 1.807) is 12.1 Å². The molecule has 0 bridgehead atoms. The number of phenolic OH excluding ortho intramolecular Hbond substituents is 1. The van der Waals surface area contributed by atoms with Crippen molar-refractivity contribution < 1.29 is 15.0 Å². The molecule has 1 aromatic rings. The number of nitrogens with one attached hydrogen (secondary N) is 1. The van der Waals surface area contributed by atoms with Gasteiger partial charge in [-0.15, -0.1) is 0 Å². The molecule has 1 amide bonds. The summed E-state index contributed by atoms with van der Waals surface area (Å²) < 4.78 is 0. The van der Waals surface area contributed by atoms with Gasteiger partial charge in [0.05, 0.1) is 0 Å². The Morgan fingerprint density at radius 1 is 1.25 bits per heavy atom. The van der Waals surface area contributed by atoms with E-state index in [9.17, 15) is 15.0 Å². The van der Waals surface area contributed by atoms with Gasteiger partial charge in [-0.1, -0.05) is 31.0 Å². The number of rotatable bonds is 5. The molecular weight excluding hydrogens is 254 g/mol. The van der Waals surface area contributed by atoms with Gasteiger partial charge in [0.2, 0.25) is 5.91 Å². The molecule has 4 heteroatoms. The molecule has 0 spiro atoms. The lowest BCUT2D eigenvalue weighted by atomic mass is 9.85. The fourth-order valence-electron chi connectivity index (χ4n) is 2.87. The first-order valence-electron chi connectivity index (χ1n) is 7.38. The summed E-state index contributed by atoms with van der Waals surface area (Å²) in [6, 6.07) is 7.20. The van der Waals surface area contributed by atoms with Crippen LogP contribution in [0, 0.1) is 5.92 Å². The third kappa shape index (κ3) is 3.97. The van der Waals surface area contributed by atoms with E-state index in [1.165, 1.54) is 0 Å². The minimum Gasteiger partial charge on any atom is -0.508 e. The molecule has 1 aliphatic rings. The fourth-order valence-corrected chi connectivity index (χ4v) is 2.87. The van der Waals surface area contributed by atoms with Crippen LogP contribution < -0.4 is 5.32 Å². The Bertz CT molecular complexity index is 447. The third-order valence-corrected chi connectivity index (χ3v) is 4.10. The normalized spacial score (nSPS) is 22.4. The van der Waals surface area contributed by atoms with Crippen molar-refractivity contribution in [3.63, 3.8) is 0 Å². The number of aryl methyl sites for hydroxylation is 1. The lowest BCUT2D eigenvalue weighted by molar-refractivity contribution is -0.122. The minimum absolute atomic E-state index is 0.00129. The molecule has 1 saturated carbocycles. The van der Waals surface area contributed by atoms with Gasteiger partial charge >= 0.3 is 0 Å². The molecule has 2 atom stereocenters. The second kappa shape index (κ2) is 7.29. The summed E-state index contributed by atoms with van der Waals surface area (Å²) in [5.74, 6) is 0.433. The Hall–Kier alpha value is -1.55. The van der Waals surface area contributed by atoms with E-state index < -0.39 is 0 Å². The highest BCUT2D eigenvalue weighted by molar-refractivity contribution is 5.76. The number of carbonyl (C=O) groups excluding carboxylic acids is 1. The summed E-state index contributed by atoms with van der Waals surface area (Å²) >= 11 is 0. The summed E-state index contributed by atoms with van der Waals surface area (Å²) in [7, 11) is 0. The van der Waals surface area contributed by atoms with Crippen molar-refractivity contribution in [2.24, 2.45) is 5.92 Å². The molecule has 0 heterocycles. The van der Waals surface area contributed by atoms with Gasteiger partial charge in [0.1, 0.15) is 5.75 Å². The number of phenols is 1. The lowest BCUT2D eigenvalue weighted by Gasteiger charge is -2.30. The molecule has 1 fully saturated rings. The van der Waals surface area contributed by atoms with E-state index in [2.05, 4.69) is 5.32 Å². The number of para-hydroxylation sites is 1. The number of hydrogen-bond donors (Lipinski definition) is 3. The highest BCUT2D eigenvalue weighted by atomic mass is 16.3. The number of aliphatic hydroxyl groups is 1. The average Bonchev–Trinajstić information content (AvgIpc) is 2.47. The molecule has 0 aliphatic heterocycles. The van der Waals surface area contributed by atoms with Gasteiger partial charge in [-0.25, -0.2) is 0 Å². The first-order valence-corrected chi connectivity index (χ1v) is 7.38. The molecule has 1 aliphatic carbocycles. The maximum absolute atomic E-state index is 12.0. The topological polar surface area (TPSA) is 69.6 Å². The van der Waals surface area contributed by atoms with E-state index >= 15 is 0 Å². The van der Waals surface area contributed by atoms with Crippen LogP contribution in [0.3, 0.4) is 0 Å². The standard InChI is InChI=1S/C16H23NO3/c18-11-13-6-1-3-7-14(13)17-16(20)10-9-12-5-2-4-8-15(12)19/h2,4-5,8,13-14,18-19H,1,3,6-7,9-11H2,(H,17,20). The Labute approximate surface area is 119 Å². The quantitative estimate of drug-likeness (QED) is 0.771. The largest absolute Gasteiger partial charge is 0.508 e. The van der Waals surface area contributed by atoms with E-state index in [0.29, 0.717) is 12.8 Å². The minimum atomic E-state index is -0.00129. The van der Waals surface area contributed by atoms with Gasteiger partial charge in [-0.2, -0.15) is 0 Å². The second-order valence-corrected chi connectivity index (χ2v) is 5.53. The van der Waals surface area contributed by atoms with Crippen molar-refractivity contribution in [3.8, 4) is 5.75 Å². The summed E-state index contributed by atoms with van der Waals surface area (Å²) in [5.41, 5.74) is 0.796. The van der Waals surface area contributed by atoms with Crippen LogP contribution in [0.4, 0.5) is 0 Å². The van der Waals surface area contributed by atoms with Crippen molar-refractivity contribution in [1.82, 2.24) is 5.32 Å². The molecule has 0 saturated heterocycles. The fraction of sp³-hybridized carbons (Fsp3) is 0.562. The molecule has 2 rings (SSSR count). The Kier molecular flexibility index (Phi) is 5.41. The Balaban J connectivity index is 1.82. The van der Waals surface area contributed by atoms with Crippen LogP contribution in [0.25, 0.3) is 0 Å². The number of aromatic hydroxyl groups is 1. The van der Waals surface area contributed by atoms with Crippen LogP contribution in [0.1, 0.15) is 37.7 Å². The van der Waals surface area contributed by atoms with Gasteiger partial charge in [0.15, 0.2) is 0 Å². The molecule has 20 heavy (non-hydrogen) atoms. The monoisotopic (exact) mass is 277 g/mol. The molecule has 0 radical (unpaired) electrons. The smallest absolute Gasteiger partial charge is 0.220 e. The van der Waals surface area contributed by atoms with Gasteiger partial charge in [0, 0.05) is 25.0 Å². The zero-order chi connectivity index (χ0) is 14.4. The van der Waals surface area contributed by atoms with Crippen LogP contribution >= 0.6 is 0 Å². The lowest BCUT2D eigenvalue weighted by Crippen LogP contribution is -2.43. The van der Waals surface area contributed by atoms with E-state index in [1.807, 2.05) is 12.1 Å². The van der Waals surface area contributed by atoms with Crippen LogP contribution in [0.2, 0.25) is 0 Å². The molecule has 0 aromatic heterocycles. The predicted molar refractivity (Wildman–Crippen MR) is 77.4 cm³/mol. The predicted octanol–water partition coefficient (Wildman–Crippen LogP) is 1.99. The van der Waals surface area contributed by atoms with Crippen molar-refractivity contribution in [2.45, 2.75) is 44.6 Å². The van der Waals surface area contributed by atoms with Gasteiger partial charge in [0.25, 0.3) is 0 Å². The van der Waals surface area contributed by atoms with Gasteiger partial charge in [-0.05, 0) is 30.9 Å². The van der Waals surface area contributed by atoms with Crippen molar-refractivity contribution in [2.75, 3.05) is 6.61 Å². The van der Waals surface area contributed by atoms with Gasteiger partial charge in [-0.3, -0.25) is 4.79 Å². The van der Waals surface area contributed by atoms with Crippen LogP contribution in [0.15, 0.2) is 24.3 Å². The summed E-state index contributed by atoms with van der Waals surface area (Å²) in [5, 5.41) is 22.0. The third-order valence-electron chi connectivity index (χ3n) is 4.10. The van der Waals surface area contributed by atoms with E-state index in [-0.39, 0.29) is 30.2 Å². The highest BCUT2D eigenvalue weighted by Gasteiger charge is 2.25. The number of amides is 1. The molecule has 1 aromatic carbocycles. The first-order chi connectivity index (χ1) is 9.70. The number of carbonyl (C=O) groups is 1. The van der Waals surface area contributed by atoms with Crippen molar-refractivity contribution >= 4 is 5.91 Å². The van der Waals surface area contributed by atoms with E-state index in [0.717, 1.165) is 31.2 Å². The highest BCUT2D eigenvalue weighted by Crippen LogP contribution is 2.24. The summed E-state index contributed by atoms with van der Waals surface area (Å²) in [6.45, 7) is 0.143. The maximum atomic E-state index is 12.0. The molecule has 4 nitrogen and oxygen atoms in total. The zero-order valence-corrected chi connectivity index (χ0v) is 11.7. The first kappa shape index (κ1) is 14.9. The molecular formula is C16H23NO3. The summed E-state index contributed by atoms with van der Waals surface area (Å²) in [6.07, 6.45) is 5.09. The number of hydrogen-bond acceptors (Lipinski definition) is 3. The van der Waals surface area contributed by atoms with Gasteiger partial charge < -0.3 is 15.5 Å². The second-order valence-electron chi connectivity index (χ2n) is 5.53. The van der Waals surface area contributed by atoms with Crippen molar-refractivity contribution in [1.29, 1.82) is 0 Å². The number of benzene rings is 1. The zero-order valence-electron chi connectivity index (χ0n) is 11.7. The molecule has 2 unspecified atom stereocenters. The van der Waals surface area contributed by atoms with Crippen LogP contribution in [-0.4, -0.2) is 28.8 Å². The Morgan fingerprint density at radius 3 is 2.75 bits per heavy atom. The summed E-state index contributed by atoms with van der Waals surface area (Å²) in [4.78, 5) is 12.0. The van der Waals surface area contributed by atoms with Crippen LogP contribution in [0.5, 0.6) is 5.75 Å². The maximum Gasteiger partial charge on any atom is 0.220 e. The molecule has 110 valence electrons. The Morgan fingerprint density at radius 2 is 2.00 bits per heavy atom. The van der Waals surface area contributed by atoms with Crippen LogP contribution in [-0.2, 0) is 11.2 Å². The number of aliphatic hydroxyl groups excluding tert-OH is 1. The SMILES string of the molecule is O=C(CCc1ccccc1O)NC1CCCCC1CO. The van der Waals surface area contributed by atoms with E-state index in [4.69, 9.17) is 0 Å². The van der Waals surface area contributed by atoms with Crippen molar-refractivity contribution in [3.05, 3.63) is 29.8 Å². The molecule has 3 N–H and O–H groups in total.